The van der Waals surface area contributed by atoms with E-state index in [0.29, 0.717) is 34.5 Å². The van der Waals surface area contributed by atoms with Gasteiger partial charge in [0.2, 0.25) is 0 Å². The minimum absolute atomic E-state index is 0.0415. The van der Waals surface area contributed by atoms with Crippen molar-refractivity contribution in [3.63, 3.8) is 0 Å². The first-order valence-corrected chi connectivity index (χ1v) is 9.07. The molecule has 148 valence electrons. The first-order valence-electron chi connectivity index (χ1n) is 8.69. The minimum atomic E-state index is -1.23. The van der Waals surface area contributed by atoms with Gasteiger partial charge in [-0.25, -0.2) is 18.3 Å². The van der Waals surface area contributed by atoms with Crippen molar-refractivity contribution in [1.82, 2.24) is 14.7 Å². The Hall–Kier alpha value is -3.26. The first kappa shape index (κ1) is 19.1. The van der Waals surface area contributed by atoms with Gasteiger partial charge in [0, 0.05) is 29.6 Å². The van der Waals surface area contributed by atoms with Crippen LogP contribution in [-0.2, 0) is 13.0 Å². The predicted octanol–water partition coefficient (Wildman–Crippen LogP) is 3.70. The van der Waals surface area contributed by atoms with Crippen LogP contribution in [0.25, 0.3) is 5.69 Å². The number of carbonyl (C=O) groups is 2. The molecule has 0 saturated heterocycles. The summed E-state index contributed by atoms with van der Waals surface area (Å²) in [5.41, 5.74) is 1.24. The van der Waals surface area contributed by atoms with E-state index < -0.39 is 23.5 Å². The van der Waals surface area contributed by atoms with E-state index in [9.17, 15) is 23.5 Å². The Kier molecular flexibility index (Phi) is 4.79. The molecule has 0 unspecified atom stereocenters. The number of aromatic nitrogens is 2. The van der Waals surface area contributed by atoms with Gasteiger partial charge in [0.1, 0.15) is 11.6 Å². The summed E-state index contributed by atoms with van der Waals surface area (Å²) in [6.45, 7) is 0.196. The maximum Gasteiger partial charge on any atom is 0.356 e. The fourth-order valence-corrected chi connectivity index (χ4v) is 3.52. The number of fused-ring (bicyclic) bond motifs is 1. The molecule has 0 saturated carbocycles. The molecule has 2 aromatic carbocycles. The van der Waals surface area contributed by atoms with E-state index in [1.165, 1.54) is 9.58 Å². The van der Waals surface area contributed by atoms with Crippen LogP contribution in [0.5, 0.6) is 0 Å². The highest BCUT2D eigenvalue weighted by Crippen LogP contribution is 2.27. The van der Waals surface area contributed by atoms with Gasteiger partial charge in [-0.1, -0.05) is 11.6 Å². The number of amides is 1. The second-order valence-electron chi connectivity index (χ2n) is 6.57. The Balaban J connectivity index is 1.71. The molecule has 1 N–H and O–H groups in total. The van der Waals surface area contributed by atoms with Crippen molar-refractivity contribution in [3.8, 4) is 5.69 Å². The predicted molar refractivity (Wildman–Crippen MR) is 100 cm³/mol. The van der Waals surface area contributed by atoms with E-state index in [1.54, 1.807) is 24.3 Å². The summed E-state index contributed by atoms with van der Waals surface area (Å²) in [6.07, 6.45) is 0.326. The van der Waals surface area contributed by atoms with E-state index in [-0.39, 0.29) is 24.3 Å². The van der Waals surface area contributed by atoms with Gasteiger partial charge in [-0.2, -0.15) is 5.10 Å². The Labute approximate surface area is 168 Å². The number of halogens is 3. The second-order valence-corrected chi connectivity index (χ2v) is 7.00. The SMILES string of the molecule is O=C(O)c1nn(-c2ccc(Cl)cc2)c2c1CN(C(=O)c1ccc(F)cc1F)CC2. The molecule has 0 atom stereocenters. The average Bonchev–Trinajstić information content (AvgIpc) is 3.07. The third-order valence-electron chi connectivity index (χ3n) is 4.78. The smallest absolute Gasteiger partial charge is 0.356 e. The number of aromatic carboxylic acids is 1. The largest absolute Gasteiger partial charge is 0.476 e. The molecule has 6 nitrogen and oxygen atoms in total. The summed E-state index contributed by atoms with van der Waals surface area (Å²) >= 11 is 5.91. The molecule has 0 spiro atoms. The standard InChI is InChI=1S/C20H14ClF2N3O3/c21-11-1-4-13(5-2-11)26-17-7-8-25(10-15(17)18(24-26)20(28)29)19(27)14-6-3-12(22)9-16(14)23/h1-6,9H,7-8,10H2,(H,28,29). The Morgan fingerprint density at radius 3 is 2.48 bits per heavy atom. The van der Waals surface area contributed by atoms with Gasteiger partial charge in [0.25, 0.3) is 5.91 Å². The third kappa shape index (κ3) is 3.47. The zero-order chi connectivity index (χ0) is 20.7. The molecular weight excluding hydrogens is 404 g/mol. The zero-order valence-corrected chi connectivity index (χ0v) is 15.7. The summed E-state index contributed by atoms with van der Waals surface area (Å²) in [6, 6.07) is 9.50. The third-order valence-corrected chi connectivity index (χ3v) is 5.03. The van der Waals surface area contributed by atoms with Crippen LogP contribution in [0.15, 0.2) is 42.5 Å². The maximum atomic E-state index is 14.0. The highest BCUT2D eigenvalue weighted by molar-refractivity contribution is 6.30. The Morgan fingerprint density at radius 2 is 1.83 bits per heavy atom. The van der Waals surface area contributed by atoms with Crippen molar-refractivity contribution < 1.29 is 23.5 Å². The molecule has 3 aromatic rings. The molecule has 29 heavy (non-hydrogen) atoms. The van der Waals surface area contributed by atoms with Gasteiger partial charge in [0.15, 0.2) is 5.69 Å². The van der Waals surface area contributed by atoms with Gasteiger partial charge >= 0.3 is 5.97 Å². The van der Waals surface area contributed by atoms with Crippen LogP contribution in [0, 0.1) is 11.6 Å². The summed E-state index contributed by atoms with van der Waals surface area (Å²) < 4.78 is 28.7. The summed E-state index contributed by atoms with van der Waals surface area (Å²) in [4.78, 5) is 25.8. The van der Waals surface area contributed by atoms with Gasteiger partial charge in [-0.3, -0.25) is 4.79 Å². The number of hydrogen-bond acceptors (Lipinski definition) is 3. The van der Waals surface area contributed by atoms with Crippen LogP contribution >= 0.6 is 11.6 Å². The topological polar surface area (TPSA) is 75.4 Å². The number of rotatable bonds is 3. The van der Waals surface area contributed by atoms with Crippen molar-refractivity contribution in [2.45, 2.75) is 13.0 Å². The van der Waals surface area contributed by atoms with Gasteiger partial charge in [-0.05, 0) is 36.4 Å². The van der Waals surface area contributed by atoms with Crippen molar-refractivity contribution in [2.75, 3.05) is 6.54 Å². The molecule has 1 amide bonds. The van der Waals surface area contributed by atoms with Gasteiger partial charge in [-0.15, -0.1) is 0 Å². The van der Waals surface area contributed by atoms with E-state index in [4.69, 9.17) is 11.6 Å². The van der Waals surface area contributed by atoms with Crippen molar-refractivity contribution in [3.05, 3.63) is 81.6 Å². The highest BCUT2D eigenvalue weighted by atomic mass is 35.5. The van der Waals surface area contributed by atoms with E-state index in [1.807, 2.05) is 0 Å². The van der Waals surface area contributed by atoms with Crippen LogP contribution < -0.4 is 0 Å². The summed E-state index contributed by atoms with van der Waals surface area (Å²) in [5, 5.41) is 14.3. The lowest BCUT2D eigenvalue weighted by Crippen LogP contribution is -2.37. The fourth-order valence-electron chi connectivity index (χ4n) is 3.39. The molecular formula is C20H14ClF2N3O3. The average molecular weight is 418 g/mol. The fraction of sp³-hybridized carbons (Fsp3) is 0.150. The number of carboxylic acid groups (broad SMARTS) is 1. The van der Waals surface area contributed by atoms with E-state index >= 15 is 0 Å². The molecule has 9 heteroatoms. The number of carboxylic acids is 1. The van der Waals surface area contributed by atoms with Gasteiger partial charge in [0.05, 0.1) is 23.5 Å². The monoisotopic (exact) mass is 417 g/mol. The normalized spacial score (nSPS) is 13.3. The Bertz CT molecular complexity index is 1130. The summed E-state index contributed by atoms with van der Waals surface area (Å²) in [5.74, 6) is -3.60. The van der Waals surface area contributed by atoms with Crippen molar-refractivity contribution in [1.29, 1.82) is 0 Å². The molecule has 1 aromatic heterocycles. The maximum absolute atomic E-state index is 14.0. The number of nitrogens with zero attached hydrogens (tertiary/aromatic N) is 3. The molecule has 0 aliphatic carbocycles. The highest BCUT2D eigenvalue weighted by Gasteiger charge is 2.31. The first-order chi connectivity index (χ1) is 13.8. The lowest BCUT2D eigenvalue weighted by Gasteiger charge is -2.28. The van der Waals surface area contributed by atoms with Crippen LogP contribution in [0.4, 0.5) is 8.78 Å². The van der Waals surface area contributed by atoms with Crippen LogP contribution in [0.3, 0.4) is 0 Å². The number of carbonyl (C=O) groups excluding carboxylic acids is 1. The lowest BCUT2D eigenvalue weighted by atomic mass is 10.0. The van der Waals surface area contributed by atoms with Crippen LogP contribution in [0.2, 0.25) is 5.02 Å². The van der Waals surface area contributed by atoms with Crippen LogP contribution in [-0.4, -0.2) is 38.2 Å². The molecule has 1 aliphatic heterocycles. The van der Waals surface area contributed by atoms with Crippen molar-refractivity contribution >= 4 is 23.5 Å². The minimum Gasteiger partial charge on any atom is -0.476 e. The van der Waals surface area contributed by atoms with E-state index in [2.05, 4.69) is 5.10 Å². The molecule has 0 bridgehead atoms. The summed E-state index contributed by atoms with van der Waals surface area (Å²) in [7, 11) is 0. The quantitative estimate of drug-likeness (QED) is 0.705. The molecule has 4 rings (SSSR count). The second kappa shape index (κ2) is 7.29. The van der Waals surface area contributed by atoms with E-state index in [0.717, 1.165) is 12.1 Å². The number of benzene rings is 2. The lowest BCUT2D eigenvalue weighted by molar-refractivity contribution is 0.0673. The van der Waals surface area contributed by atoms with Crippen molar-refractivity contribution in [2.24, 2.45) is 0 Å². The van der Waals surface area contributed by atoms with Crippen LogP contribution in [0.1, 0.15) is 32.1 Å². The molecule has 1 aliphatic rings. The molecule has 0 fully saturated rings. The zero-order valence-electron chi connectivity index (χ0n) is 14.9. The molecule has 2 heterocycles. The number of hydrogen-bond donors (Lipinski definition) is 1. The molecule has 0 radical (unpaired) electrons. The van der Waals surface area contributed by atoms with Gasteiger partial charge < -0.3 is 10.0 Å². The Morgan fingerprint density at radius 1 is 1.10 bits per heavy atom.